The van der Waals surface area contributed by atoms with Gasteiger partial charge in [0.25, 0.3) is 0 Å². The van der Waals surface area contributed by atoms with Gasteiger partial charge in [-0.3, -0.25) is 0 Å². The third-order valence-corrected chi connectivity index (χ3v) is 4.77. The van der Waals surface area contributed by atoms with Gasteiger partial charge in [-0.25, -0.2) is 0 Å². The Morgan fingerprint density at radius 3 is 3.06 bits per heavy atom. The first-order valence-electron chi connectivity index (χ1n) is 6.00. The zero-order chi connectivity index (χ0) is 12.5. The molecule has 0 bridgehead atoms. The minimum atomic E-state index is -0.111. The van der Waals surface area contributed by atoms with E-state index in [-0.39, 0.29) is 6.04 Å². The van der Waals surface area contributed by atoms with E-state index in [4.69, 9.17) is 10.5 Å². The summed E-state index contributed by atoms with van der Waals surface area (Å²) in [4.78, 5) is 0. The van der Waals surface area contributed by atoms with Gasteiger partial charge in [-0.05, 0) is 51.3 Å². The molecule has 0 saturated heterocycles. The Morgan fingerprint density at radius 1 is 1.39 bits per heavy atom. The Hall–Kier alpha value is -0.840. The van der Waals surface area contributed by atoms with E-state index < -0.39 is 0 Å². The lowest BCUT2D eigenvalue weighted by Crippen LogP contribution is -2.16. The zero-order valence-corrected chi connectivity index (χ0v) is 12.3. The smallest absolute Gasteiger partial charge is 0.127 e. The first-order valence-corrected chi connectivity index (χ1v) is 7.67. The van der Waals surface area contributed by atoms with E-state index in [9.17, 15) is 0 Å². The molecule has 1 aliphatic heterocycles. The highest BCUT2D eigenvalue weighted by atomic mass is 79.9. The van der Waals surface area contributed by atoms with Gasteiger partial charge in [-0.15, -0.1) is 11.3 Å². The number of hydrogen-bond donors (Lipinski definition) is 1. The third-order valence-electron chi connectivity index (χ3n) is 3.25. The van der Waals surface area contributed by atoms with Crippen LogP contribution in [0.4, 0.5) is 0 Å². The standard InChI is InChI=1S/C14H14BrNOS/c15-12-7-10(8-18-12)13(16)11-5-1-3-9-4-2-6-17-14(9)11/h1,3,5,7-8,13H,2,4,6,16H2. The van der Waals surface area contributed by atoms with Gasteiger partial charge in [-0.1, -0.05) is 18.2 Å². The Balaban J connectivity index is 2.01. The lowest BCUT2D eigenvalue weighted by molar-refractivity contribution is 0.284. The second kappa shape index (κ2) is 5.03. The second-order valence-corrected chi connectivity index (χ2v) is 6.74. The minimum Gasteiger partial charge on any atom is -0.493 e. The third kappa shape index (κ3) is 2.20. The van der Waals surface area contributed by atoms with Crippen LogP contribution >= 0.6 is 27.3 Å². The number of aryl methyl sites for hydroxylation is 1. The van der Waals surface area contributed by atoms with Gasteiger partial charge >= 0.3 is 0 Å². The maximum absolute atomic E-state index is 6.36. The summed E-state index contributed by atoms with van der Waals surface area (Å²) in [6.45, 7) is 0.796. The van der Waals surface area contributed by atoms with E-state index in [2.05, 4.69) is 45.6 Å². The molecule has 0 spiro atoms. The number of nitrogens with two attached hydrogens (primary N) is 1. The Labute approximate surface area is 119 Å². The molecule has 0 saturated carbocycles. The average Bonchev–Trinajstić information content (AvgIpc) is 2.84. The highest BCUT2D eigenvalue weighted by Crippen LogP contribution is 2.36. The maximum Gasteiger partial charge on any atom is 0.127 e. The molecule has 0 aliphatic carbocycles. The predicted molar refractivity (Wildman–Crippen MR) is 78.3 cm³/mol. The van der Waals surface area contributed by atoms with Gasteiger partial charge in [0, 0.05) is 5.56 Å². The largest absolute Gasteiger partial charge is 0.493 e. The van der Waals surface area contributed by atoms with Gasteiger partial charge < -0.3 is 10.5 Å². The monoisotopic (exact) mass is 323 g/mol. The molecule has 2 N–H and O–H groups in total. The Bertz CT molecular complexity index is 567. The Kier molecular flexibility index (Phi) is 3.41. The summed E-state index contributed by atoms with van der Waals surface area (Å²) in [5.74, 6) is 0.999. The predicted octanol–water partition coefficient (Wildman–Crippen LogP) is 3.88. The molecule has 0 amide bonds. The quantitative estimate of drug-likeness (QED) is 0.910. The molecular weight excluding hydrogens is 310 g/mol. The molecule has 1 aromatic heterocycles. The van der Waals surface area contributed by atoms with Crippen molar-refractivity contribution in [3.63, 3.8) is 0 Å². The van der Waals surface area contributed by atoms with Crippen LogP contribution in [0.1, 0.15) is 29.2 Å². The van der Waals surface area contributed by atoms with Crippen molar-refractivity contribution in [3.05, 3.63) is 50.1 Å². The zero-order valence-electron chi connectivity index (χ0n) is 9.86. The van der Waals surface area contributed by atoms with E-state index >= 15 is 0 Å². The van der Waals surface area contributed by atoms with Crippen LogP contribution in [0, 0.1) is 0 Å². The summed E-state index contributed by atoms with van der Waals surface area (Å²) in [5, 5.41) is 2.09. The van der Waals surface area contributed by atoms with E-state index in [0.29, 0.717) is 0 Å². The lowest BCUT2D eigenvalue weighted by atomic mass is 9.96. The second-order valence-electron chi connectivity index (χ2n) is 4.45. The summed E-state index contributed by atoms with van der Waals surface area (Å²) >= 11 is 5.14. The van der Waals surface area contributed by atoms with Crippen LogP contribution in [0.5, 0.6) is 5.75 Å². The minimum absolute atomic E-state index is 0.111. The van der Waals surface area contributed by atoms with E-state index in [0.717, 1.165) is 40.1 Å². The van der Waals surface area contributed by atoms with Crippen molar-refractivity contribution < 1.29 is 4.74 Å². The van der Waals surface area contributed by atoms with Crippen LogP contribution in [0.2, 0.25) is 0 Å². The van der Waals surface area contributed by atoms with E-state index in [1.807, 2.05) is 0 Å². The van der Waals surface area contributed by atoms with Gasteiger partial charge in [0.05, 0.1) is 16.4 Å². The number of ether oxygens (including phenoxy) is 1. The van der Waals surface area contributed by atoms with Crippen LogP contribution in [-0.4, -0.2) is 6.61 Å². The van der Waals surface area contributed by atoms with Crippen molar-refractivity contribution in [1.29, 1.82) is 0 Å². The van der Waals surface area contributed by atoms with Crippen LogP contribution in [-0.2, 0) is 6.42 Å². The fourth-order valence-electron chi connectivity index (χ4n) is 2.33. The van der Waals surface area contributed by atoms with Gasteiger partial charge in [0.15, 0.2) is 0 Å². The van der Waals surface area contributed by atoms with Crippen molar-refractivity contribution in [2.75, 3.05) is 6.61 Å². The molecule has 94 valence electrons. The van der Waals surface area contributed by atoms with Gasteiger partial charge in [-0.2, -0.15) is 0 Å². The van der Waals surface area contributed by atoms with Gasteiger partial charge in [0.1, 0.15) is 5.75 Å². The van der Waals surface area contributed by atoms with E-state index in [1.165, 1.54) is 5.56 Å². The number of benzene rings is 1. The molecule has 2 aromatic rings. The molecule has 2 nitrogen and oxygen atoms in total. The highest BCUT2D eigenvalue weighted by Gasteiger charge is 2.20. The molecule has 2 heterocycles. The molecule has 1 unspecified atom stereocenters. The average molecular weight is 324 g/mol. The van der Waals surface area contributed by atoms with Crippen molar-refractivity contribution in [2.24, 2.45) is 5.73 Å². The summed E-state index contributed by atoms with van der Waals surface area (Å²) in [7, 11) is 0. The topological polar surface area (TPSA) is 35.2 Å². The molecule has 3 rings (SSSR count). The molecule has 1 atom stereocenters. The molecule has 18 heavy (non-hydrogen) atoms. The summed E-state index contributed by atoms with van der Waals surface area (Å²) in [6.07, 6.45) is 2.18. The summed E-state index contributed by atoms with van der Waals surface area (Å²) in [6, 6.07) is 8.25. The van der Waals surface area contributed by atoms with E-state index in [1.54, 1.807) is 11.3 Å². The van der Waals surface area contributed by atoms with Crippen molar-refractivity contribution in [1.82, 2.24) is 0 Å². The number of halogens is 1. The first-order chi connectivity index (χ1) is 8.75. The molecule has 1 aliphatic rings. The van der Waals surface area contributed by atoms with Crippen LogP contribution < -0.4 is 10.5 Å². The SMILES string of the molecule is NC(c1csc(Br)c1)c1cccc2c1OCCC2. The normalized spacial score (nSPS) is 15.9. The molecular formula is C14H14BrNOS. The lowest BCUT2D eigenvalue weighted by Gasteiger charge is -2.23. The number of para-hydroxylation sites is 1. The number of thiophene rings is 1. The van der Waals surface area contributed by atoms with Crippen LogP contribution in [0.3, 0.4) is 0 Å². The number of rotatable bonds is 2. The van der Waals surface area contributed by atoms with Gasteiger partial charge in [0.2, 0.25) is 0 Å². The van der Waals surface area contributed by atoms with Crippen LogP contribution in [0.15, 0.2) is 33.4 Å². The fraction of sp³-hybridized carbons (Fsp3) is 0.286. The fourth-order valence-corrected chi connectivity index (χ4v) is 3.54. The maximum atomic E-state index is 6.36. The molecule has 0 fully saturated rings. The van der Waals surface area contributed by atoms with Crippen molar-refractivity contribution >= 4 is 27.3 Å². The molecule has 1 aromatic carbocycles. The van der Waals surface area contributed by atoms with Crippen molar-refractivity contribution in [2.45, 2.75) is 18.9 Å². The highest BCUT2D eigenvalue weighted by molar-refractivity contribution is 9.11. The van der Waals surface area contributed by atoms with Crippen LogP contribution in [0.25, 0.3) is 0 Å². The first kappa shape index (κ1) is 12.2. The number of fused-ring (bicyclic) bond motifs is 1. The summed E-state index contributed by atoms with van der Waals surface area (Å²) < 4.78 is 6.93. The molecule has 4 heteroatoms. The summed E-state index contributed by atoms with van der Waals surface area (Å²) in [5.41, 5.74) is 9.87. The molecule has 0 radical (unpaired) electrons. The Morgan fingerprint density at radius 2 is 2.28 bits per heavy atom. The number of hydrogen-bond acceptors (Lipinski definition) is 3. The van der Waals surface area contributed by atoms with Crippen molar-refractivity contribution in [3.8, 4) is 5.75 Å².